The maximum Gasteiger partial charge on any atom is 0.143 e. The zero-order valence-electron chi connectivity index (χ0n) is 4.00. The van der Waals surface area contributed by atoms with Crippen LogP contribution < -0.4 is 0 Å². The number of rotatable bonds is 0. The lowest BCUT2D eigenvalue weighted by Gasteiger charge is -1.62. The van der Waals surface area contributed by atoms with Crippen LogP contribution in [0.15, 0.2) is 0 Å². The second-order valence-electron chi connectivity index (χ2n) is 0.750. The van der Waals surface area contributed by atoms with Gasteiger partial charge in [-0.25, -0.2) is 0 Å². The van der Waals surface area contributed by atoms with Crippen LogP contribution in [0.1, 0.15) is 0 Å². The lowest BCUT2D eigenvalue weighted by Crippen LogP contribution is -1.74. The molecule has 0 fully saturated rings. The zero-order valence-corrected chi connectivity index (χ0v) is 6.00. The average molecular weight is 110 g/mol. The molecule has 0 aromatic rings. The summed E-state index contributed by atoms with van der Waals surface area (Å²) in [5.41, 5.74) is 5.98. The van der Waals surface area contributed by atoms with Gasteiger partial charge in [0, 0.05) is 0 Å². The van der Waals surface area contributed by atoms with Crippen LogP contribution in [0.2, 0.25) is 13.1 Å². The van der Waals surface area contributed by atoms with Gasteiger partial charge in [0.1, 0.15) is 19.0 Å². The largest absolute Gasteiger partial charge is 0.143 e. The van der Waals surface area contributed by atoms with E-state index >= 15 is 0 Å². The fraction of sp³-hybridized carbons (Fsp3) is 0.500. The van der Waals surface area contributed by atoms with Crippen molar-refractivity contribution in [2.75, 3.05) is 0 Å². The van der Waals surface area contributed by atoms with Crippen LogP contribution in [0.25, 0.3) is 0 Å². The van der Waals surface area contributed by atoms with Gasteiger partial charge in [-0.15, -0.1) is 11.1 Å². The summed E-state index contributed by atoms with van der Waals surface area (Å²) >= 11 is 0. The molecule has 4 radical (unpaired) electrons. The molecule has 0 aliphatic carbocycles. The third-order valence-electron chi connectivity index (χ3n) is 0.312. The summed E-state index contributed by atoms with van der Waals surface area (Å²) in [6, 6.07) is 0. The average Bonchev–Trinajstić information content (AvgIpc) is 1.61. The van der Waals surface area contributed by atoms with Gasteiger partial charge in [0.2, 0.25) is 0 Å². The molecule has 0 heterocycles. The smallest absolute Gasteiger partial charge is 0.143 e. The van der Waals surface area contributed by atoms with Crippen LogP contribution in [0.3, 0.4) is 0 Å². The summed E-state index contributed by atoms with van der Waals surface area (Å²) in [5.74, 6) is 0. The molecule has 0 unspecified atom stereocenters. The highest BCUT2D eigenvalue weighted by Crippen LogP contribution is 1.50. The van der Waals surface area contributed by atoms with Gasteiger partial charge >= 0.3 is 0 Å². The molecule has 0 amide bonds. The molecule has 0 saturated carbocycles. The molecule has 0 aliphatic heterocycles. The van der Waals surface area contributed by atoms with Crippen molar-refractivity contribution >= 4 is 19.0 Å². The summed E-state index contributed by atoms with van der Waals surface area (Å²) < 4.78 is 0. The highest BCUT2D eigenvalue weighted by atomic mass is 28.2. The standard InChI is InChI=1S/C4H6Si2/c1-5-3-4-6-2/h1-2H3. The Morgan fingerprint density at radius 1 is 1.00 bits per heavy atom. The molecule has 0 rings (SSSR count). The van der Waals surface area contributed by atoms with E-state index in [-0.39, 0.29) is 0 Å². The van der Waals surface area contributed by atoms with E-state index in [1.807, 2.05) is 0 Å². The topological polar surface area (TPSA) is 0 Å². The first kappa shape index (κ1) is 5.99. The summed E-state index contributed by atoms with van der Waals surface area (Å²) in [6.07, 6.45) is 0. The van der Waals surface area contributed by atoms with Gasteiger partial charge in [0.05, 0.1) is 0 Å². The van der Waals surface area contributed by atoms with E-state index in [4.69, 9.17) is 0 Å². The highest BCUT2D eigenvalue weighted by Gasteiger charge is 1.60. The molecule has 2 heteroatoms. The lowest BCUT2D eigenvalue weighted by atomic mass is 11.4. The fourth-order valence-electron chi connectivity index (χ4n) is 0.125. The second-order valence-corrected chi connectivity index (χ2v) is 2.25. The van der Waals surface area contributed by atoms with E-state index in [0.717, 1.165) is 19.0 Å². The molecule has 0 nitrogen and oxygen atoms in total. The minimum atomic E-state index is 0.810. The number of hydrogen-bond donors (Lipinski definition) is 0. The minimum Gasteiger partial charge on any atom is -0.143 e. The Bertz CT molecular complexity index is 59.4. The molecule has 0 aromatic carbocycles. The molecule has 0 aromatic heterocycles. The van der Waals surface area contributed by atoms with Crippen molar-refractivity contribution in [2.24, 2.45) is 0 Å². The number of hydrogen-bond acceptors (Lipinski definition) is 0. The molecular formula is C4H6Si2. The maximum absolute atomic E-state index is 2.99. The zero-order chi connectivity index (χ0) is 4.83. The van der Waals surface area contributed by atoms with Crippen LogP contribution in [-0.4, -0.2) is 19.0 Å². The SMILES string of the molecule is C[Si]C#C[Si]C. The predicted octanol–water partition coefficient (Wildman–Crippen LogP) is 0.409. The molecule has 30 valence electrons. The first-order valence-corrected chi connectivity index (χ1v) is 4.75. The van der Waals surface area contributed by atoms with E-state index in [1.54, 1.807) is 0 Å². The first-order chi connectivity index (χ1) is 2.91. The summed E-state index contributed by atoms with van der Waals surface area (Å²) in [7, 11) is 1.62. The van der Waals surface area contributed by atoms with Gasteiger partial charge in [0.15, 0.2) is 0 Å². The third-order valence-corrected chi connectivity index (χ3v) is 1.31. The lowest BCUT2D eigenvalue weighted by molar-refractivity contribution is 2.29. The van der Waals surface area contributed by atoms with Gasteiger partial charge in [-0.3, -0.25) is 0 Å². The van der Waals surface area contributed by atoms with E-state index in [9.17, 15) is 0 Å². The van der Waals surface area contributed by atoms with E-state index in [2.05, 4.69) is 24.2 Å². The van der Waals surface area contributed by atoms with E-state index in [0.29, 0.717) is 0 Å². The van der Waals surface area contributed by atoms with Gasteiger partial charge in [0.25, 0.3) is 0 Å². The molecule has 0 bridgehead atoms. The van der Waals surface area contributed by atoms with E-state index in [1.165, 1.54) is 0 Å². The third kappa shape index (κ3) is 3.99. The predicted molar refractivity (Wildman–Crippen MR) is 31.0 cm³/mol. The Hall–Kier alpha value is -0.00623. The highest BCUT2D eigenvalue weighted by molar-refractivity contribution is 6.51. The summed E-state index contributed by atoms with van der Waals surface area (Å²) in [6.45, 7) is 4.18. The van der Waals surface area contributed by atoms with Crippen molar-refractivity contribution in [1.29, 1.82) is 0 Å². The Balaban J connectivity index is 2.90. The van der Waals surface area contributed by atoms with Crippen molar-refractivity contribution in [3.8, 4) is 11.1 Å². The fourth-order valence-corrected chi connectivity index (χ4v) is 1.12. The second kappa shape index (κ2) is 4.99. The van der Waals surface area contributed by atoms with Crippen molar-refractivity contribution in [3.63, 3.8) is 0 Å². The summed E-state index contributed by atoms with van der Waals surface area (Å²) in [5, 5.41) is 0. The van der Waals surface area contributed by atoms with Crippen molar-refractivity contribution in [1.82, 2.24) is 0 Å². The van der Waals surface area contributed by atoms with Gasteiger partial charge in [-0.1, -0.05) is 13.1 Å². The van der Waals surface area contributed by atoms with Gasteiger partial charge in [-0.05, 0) is 0 Å². The Labute approximate surface area is 44.0 Å². The van der Waals surface area contributed by atoms with Gasteiger partial charge in [-0.2, -0.15) is 0 Å². The molecule has 0 saturated heterocycles. The molecule has 0 N–H and O–H groups in total. The Kier molecular flexibility index (Phi) is 4.99. The first-order valence-electron chi connectivity index (χ1n) is 1.75. The molecular weight excluding hydrogens is 104 g/mol. The van der Waals surface area contributed by atoms with Crippen molar-refractivity contribution in [3.05, 3.63) is 0 Å². The molecule has 0 aliphatic rings. The normalized spacial score (nSPS) is 6.33. The quantitative estimate of drug-likeness (QED) is 0.313. The van der Waals surface area contributed by atoms with Crippen molar-refractivity contribution in [2.45, 2.75) is 13.1 Å². The molecule has 0 spiro atoms. The van der Waals surface area contributed by atoms with Gasteiger partial charge < -0.3 is 0 Å². The van der Waals surface area contributed by atoms with Crippen LogP contribution in [-0.2, 0) is 0 Å². The monoisotopic (exact) mass is 110 g/mol. The van der Waals surface area contributed by atoms with E-state index < -0.39 is 0 Å². The van der Waals surface area contributed by atoms with Crippen LogP contribution in [0, 0.1) is 11.1 Å². The summed E-state index contributed by atoms with van der Waals surface area (Å²) in [4.78, 5) is 0. The Morgan fingerprint density at radius 2 is 1.33 bits per heavy atom. The van der Waals surface area contributed by atoms with Crippen LogP contribution in [0.4, 0.5) is 0 Å². The van der Waals surface area contributed by atoms with Crippen LogP contribution >= 0.6 is 0 Å². The molecule has 0 atom stereocenters. The Morgan fingerprint density at radius 3 is 1.50 bits per heavy atom. The maximum atomic E-state index is 2.99. The minimum absolute atomic E-state index is 0.810. The molecule has 6 heavy (non-hydrogen) atoms. The van der Waals surface area contributed by atoms with Crippen LogP contribution in [0.5, 0.6) is 0 Å². The van der Waals surface area contributed by atoms with Crippen molar-refractivity contribution < 1.29 is 0 Å².